The minimum atomic E-state index is -5.23. The van der Waals surface area contributed by atoms with E-state index in [0.717, 1.165) is 4.57 Å². The van der Waals surface area contributed by atoms with E-state index >= 15 is 0 Å². The van der Waals surface area contributed by atoms with Crippen LogP contribution in [-0.4, -0.2) is 40.6 Å². The molecule has 2 heterocycles. The van der Waals surface area contributed by atoms with Crippen LogP contribution in [0.4, 0.5) is 0 Å². The zero-order chi connectivity index (χ0) is 20.5. The Hall–Kier alpha value is -0.270. The number of benzene rings is 1. The number of hydrogen-bond donors (Lipinski definition) is 2. The molecule has 11 nitrogen and oxygen atoms in total. The summed E-state index contributed by atoms with van der Waals surface area (Å²) in [5, 5.41) is 10.0. The second-order valence-corrected chi connectivity index (χ2v) is 7.27. The van der Waals surface area contributed by atoms with Crippen molar-refractivity contribution in [3.05, 3.63) is 51.3 Å². The van der Waals surface area contributed by atoms with Crippen molar-refractivity contribution in [3.63, 3.8) is 0 Å². The van der Waals surface area contributed by atoms with E-state index < -0.39 is 44.1 Å². The minimum Gasteiger partial charge on any atom is -0.790 e. The van der Waals surface area contributed by atoms with E-state index in [1.54, 1.807) is 24.3 Å². The molecule has 1 aromatic heterocycles. The number of nitrogens with one attached hydrogen (secondary N) is 1. The van der Waals surface area contributed by atoms with Crippen LogP contribution in [0.15, 0.2) is 40.1 Å². The molecule has 0 radical (unpaired) electrons. The van der Waals surface area contributed by atoms with Gasteiger partial charge in [0.25, 0.3) is 5.56 Å². The number of ether oxygens (including phenoxy) is 2. The summed E-state index contributed by atoms with van der Waals surface area (Å²) in [5.41, 5.74) is -0.730. The number of methoxy groups -OCH3 is 1. The van der Waals surface area contributed by atoms with Gasteiger partial charge in [-0.3, -0.25) is 14.3 Å². The standard InChI is InChI=1S/C16H19N2O9P.2Na/c1-25-10-4-2-3-9(5-10)11-7-18(16(21)17-15(11)20)14-6-12(19)13(27-14)8-26-28(22,23)24;;/h2-5,7,12-14,19H,6,8H2,1H3,(H,17,20,21)(H2,22,23,24);;/q;2*+1/p-2/t12-,13+,14+;;/m0../s1. The van der Waals surface area contributed by atoms with Gasteiger partial charge >= 0.3 is 64.8 Å². The summed E-state index contributed by atoms with van der Waals surface area (Å²) in [6.45, 7) is -0.678. The Balaban J connectivity index is 0.00000225. The van der Waals surface area contributed by atoms with Gasteiger partial charge in [0.15, 0.2) is 0 Å². The second-order valence-electron chi connectivity index (χ2n) is 6.12. The molecular formula is C16H17N2Na2O9P. The van der Waals surface area contributed by atoms with Crippen molar-refractivity contribution in [2.75, 3.05) is 13.7 Å². The number of rotatable bonds is 6. The van der Waals surface area contributed by atoms with Gasteiger partial charge in [0.05, 0.1) is 33.2 Å². The van der Waals surface area contributed by atoms with Crippen molar-refractivity contribution in [1.82, 2.24) is 9.55 Å². The Morgan fingerprint density at radius 3 is 2.67 bits per heavy atom. The molecule has 1 saturated heterocycles. The first-order chi connectivity index (χ1) is 13.2. The molecule has 14 heteroatoms. The predicted octanol–water partition coefficient (Wildman–Crippen LogP) is -7.29. The molecule has 30 heavy (non-hydrogen) atoms. The number of aliphatic hydroxyl groups excluding tert-OH is 1. The maximum Gasteiger partial charge on any atom is 1.00 e. The Morgan fingerprint density at radius 2 is 2.03 bits per heavy atom. The Kier molecular flexibility index (Phi) is 10.7. The molecule has 0 unspecified atom stereocenters. The smallest absolute Gasteiger partial charge is 0.790 e. The monoisotopic (exact) mass is 458 g/mol. The zero-order valence-electron chi connectivity index (χ0n) is 16.6. The molecule has 0 spiro atoms. The van der Waals surface area contributed by atoms with E-state index in [4.69, 9.17) is 9.47 Å². The average molecular weight is 458 g/mol. The third-order valence-electron chi connectivity index (χ3n) is 4.26. The molecule has 3 rings (SSSR count). The third-order valence-corrected chi connectivity index (χ3v) is 4.73. The van der Waals surface area contributed by atoms with E-state index in [-0.39, 0.29) is 71.1 Å². The third kappa shape index (κ3) is 6.86. The fourth-order valence-electron chi connectivity index (χ4n) is 2.90. The molecule has 0 bridgehead atoms. The molecular weight excluding hydrogens is 441 g/mol. The summed E-state index contributed by atoms with van der Waals surface area (Å²) < 4.78 is 26.4. The van der Waals surface area contributed by atoms with Gasteiger partial charge in [0.1, 0.15) is 18.1 Å². The second kappa shape index (κ2) is 11.6. The Morgan fingerprint density at radius 1 is 1.33 bits per heavy atom. The first-order valence-corrected chi connectivity index (χ1v) is 9.64. The van der Waals surface area contributed by atoms with Crippen molar-refractivity contribution in [1.29, 1.82) is 0 Å². The van der Waals surface area contributed by atoms with Crippen LogP contribution in [0.1, 0.15) is 12.6 Å². The Labute approximate surface area is 215 Å². The van der Waals surface area contributed by atoms with Crippen LogP contribution in [0.2, 0.25) is 0 Å². The summed E-state index contributed by atoms with van der Waals surface area (Å²) in [7, 11) is -3.75. The number of nitrogens with zero attached hydrogens (tertiary/aromatic N) is 1. The number of phosphoric acid groups is 1. The molecule has 2 aromatic rings. The van der Waals surface area contributed by atoms with Gasteiger partial charge in [0.2, 0.25) is 0 Å². The van der Waals surface area contributed by atoms with Crippen molar-refractivity contribution in [2.24, 2.45) is 0 Å². The number of aromatic nitrogens is 2. The molecule has 1 aliphatic heterocycles. The van der Waals surface area contributed by atoms with Gasteiger partial charge in [-0.25, -0.2) is 4.79 Å². The van der Waals surface area contributed by atoms with Gasteiger partial charge < -0.3 is 33.5 Å². The Bertz CT molecular complexity index is 1020. The van der Waals surface area contributed by atoms with Gasteiger partial charge in [0, 0.05) is 12.6 Å². The number of hydrogen-bond acceptors (Lipinski definition) is 9. The average Bonchev–Trinajstić information content (AvgIpc) is 3.00. The van der Waals surface area contributed by atoms with Crippen molar-refractivity contribution in [3.8, 4) is 16.9 Å². The molecule has 0 amide bonds. The number of aromatic amines is 1. The van der Waals surface area contributed by atoms with E-state index in [1.165, 1.54) is 13.3 Å². The number of H-pyrrole nitrogens is 1. The van der Waals surface area contributed by atoms with Crippen molar-refractivity contribution in [2.45, 2.75) is 24.9 Å². The van der Waals surface area contributed by atoms with E-state index in [0.29, 0.717) is 11.3 Å². The van der Waals surface area contributed by atoms with Crippen LogP contribution >= 0.6 is 7.82 Å². The summed E-state index contributed by atoms with van der Waals surface area (Å²) in [5.74, 6) is 0.513. The van der Waals surface area contributed by atoms with E-state index in [2.05, 4.69) is 9.51 Å². The van der Waals surface area contributed by atoms with Gasteiger partial charge in [-0.05, 0) is 17.7 Å². The molecule has 3 atom stereocenters. The molecule has 2 N–H and O–H groups in total. The van der Waals surface area contributed by atoms with Gasteiger partial charge in [-0.15, -0.1) is 0 Å². The van der Waals surface area contributed by atoms with Crippen molar-refractivity contribution < 1.29 is 92.6 Å². The topological polar surface area (TPSA) is 166 Å². The van der Waals surface area contributed by atoms with Crippen molar-refractivity contribution >= 4 is 7.82 Å². The summed E-state index contributed by atoms with van der Waals surface area (Å²) >= 11 is 0. The minimum absolute atomic E-state index is 0. The van der Waals surface area contributed by atoms with Crippen LogP contribution in [0.5, 0.6) is 5.75 Å². The maximum absolute atomic E-state index is 12.2. The first-order valence-electron chi connectivity index (χ1n) is 8.18. The normalized spacial score (nSPS) is 20.9. The van der Waals surface area contributed by atoms with E-state index in [1.807, 2.05) is 0 Å². The number of phosphoric ester groups is 1. The SMILES string of the molecule is COc1cccc(-c2cn([C@H]3C[C@H](O)[C@@H](COP(=O)([O-])[O-])O3)c(=O)[nH]c2=O)c1.[Na+].[Na+]. The van der Waals surface area contributed by atoms with E-state index in [9.17, 15) is 29.0 Å². The molecule has 1 fully saturated rings. The van der Waals surface area contributed by atoms with Crippen LogP contribution in [0.25, 0.3) is 11.1 Å². The fourth-order valence-corrected chi connectivity index (χ4v) is 3.23. The summed E-state index contributed by atoms with van der Waals surface area (Å²) in [6, 6.07) is 6.64. The maximum atomic E-state index is 12.2. The quantitative estimate of drug-likeness (QED) is 0.316. The number of aliphatic hydroxyl groups is 1. The van der Waals surface area contributed by atoms with Crippen LogP contribution in [0.3, 0.4) is 0 Å². The molecule has 1 aliphatic rings. The zero-order valence-corrected chi connectivity index (χ0v) is 21.5. The largest absolute Gasteiger partial charge is 1.00 e. The fraction of sp³-hybridized carbons (Fsp3) is 0.375. The predicted molar refractivity (Wildman–Crippen MR) is 91.4 cm³/mol. The van der Waals surface area contributed by atoms with Gasteiger partial charge in [-0.2, -0.15) is 0 Å². The first kappa shape index (κ1) is 27.8. The van der Waals surface area contributed by atoms with Crippen LogP contribution < -0.4 is 84.9 Å². The summed E-state index contributed by atoms with van der Waals surface area (Å²) in [4.78, 5) is 47.8. The van der Waals surface area contributed by atoms with Crippen LogP contribution in [-0.2, 0) is 13.8 Å². The van der Waals surface area contributed by atoms with Gasteiger partial charge in [-0.1, -0.05) is 12.1 Å². The molecule has 1 aromatic carbocycles. The molecule has 0 aliphatic carbocycles. The molecule has 0 saturated carbocycles. The molecule has 152 valence electrons. The summed E-state index contributed by atoms with van der Waals surface area (Å²) in [6.07, 6.45) is -2.08. The van der Waals surface area contributed by atoms with Crippen LogP contribution in [0, 0.1) is 0 Å².